The summed E-state index contributed by atoms with van der Waals surface area (Å²) in [5.74, 6) is -0.0775. The minimum atomic E-state index is -0.521. The Morgan fingerprint density at radius 3 is 2.91 bits per heavy atom. The van der Waals surface area contributed by atoms with Gasteiger partial charge in [0.25, 0.3) is 0 Å². The normalized spacial score (nSPS) is 17.4. The molecular weight excluding hydrogens is 288 g/mol. The number of amides is 1. The van der Waals surface area contributed by atoms with E-state index in [2.05, 4.69) is 35.2 Å². The van der Waals surface area contributed by atoms with Crippen molar-refractivity contribution in [2.24, 2.45) is 5.73 Å². The molecule has 1 aliphatic carbocycles. The molecule has 4 N–H and O–H groups in total. The number of nitrogens with zero attached hydrogens (tertiary/aromatic N) is 1. The molecule has 1 aromatic carbocycles. The van der Waals surface area contributed by atoms with E-state index in [1.165, 1.54) is 12.8 Å². The number of nitrogens with two attached hydrogens (primary N) is 1. The molecule has 0 spiro atoms. The standard InChI is InChI=1S/C18H26N4O/c1-12(22(2)14-7-8-14)10-21-18(23)16(19)9-13-11-20-17-6-4-3-5-15(13)17/h3-6,11-12,14,16,20H,7-10,19H2,1-2H3,(H,21,23)/t12?,16-/m0/s1. The Morgan fingerprint density at radius 2 is 2.17 bits per heavy atom. The number of rotatable bonds is 7. The van der Waals surface area contributed by atoms with Gasteiger partial charge in [0.15, 0.2) is 0 Å². The van der Waals surface area contributed by atoms with Gasteiger partial charge < -0.3 is 16.0 Å². The summed E-state index contributed by atoms with van der Waals surface area (Å²) in [6, 6.07) is 8.59. The van der Waals surface area contributed by atoms with Gasteiger partial charge in [0, 0.05) is 35.7 Å². The fourth-order valence-electron chi connectivity index (χ4n) is 3.00. The minimum absolute atomic E-state index is 0.0775. The number of H-pyrrole nitrogens is 1. The number of carbonyl (C=O) groups is 1. The number of likely N-dealkylation sites (N-methyl/N-ethyl adjacent to an activating group) is 1. The van der Waals surface area contributed by atoms with Gasteiger partial charge in [0.2, 0.25) is 5.91 Å². The summed E-state index contributed by atoms with van der Waals surface area (Å²) in [6.07, 6.45) is 5.04. The second-order valence-corrected chi connectivity index (χ2v) is 6.66. The quantitative estimate of drug-likeness (QED) is 0.727. The van der Waals surface area contributed by atoms with Crippen LogP contribution in [-0.2, 0) is 11.2 Å². The number of fused-ring (bicyclic) bond motifs is 1. The lowest BCUT2D eigenvalue weighted by atomic mass is 10.1. The molecular formula is C18H26N4O. The predicted molar refractivity (Wildman–Crippen MR) is 93.2 cm³/mol. The number of benzene rings is 1. The van der Waals surface area contributed by atoms with Crippen LogP contribution < -0.4 is 11.1 Å². The van der Waals surface area contributed by atoms with E-state index in [-0.39, 0.29) is 5.91 Å². The van der Waals surface area contributed by atoms with Crippen LogP contribution >= 0.6 is 0 Å². The van der Waals surface area contributed by atoms with Crippen LogP contribution in [0.4, 0.5) is 0 Å². The maximum Gasteiger partial charge on any atom is 0.237 e. The predicted octanol–water partition coefficient (Wildman–Crippen LogP) is 1.64. The van der Waals surface area contributed by atoms with E-state index in [1.54, 1.807) is 0 Å². The molecule has 2 aromatic rings. The van der Waals surface area contributed by atoms with Crippen LogP contribution in [0.2, 0.25) is 0 Å². The second-order valence-electron chi connectivity index (χ2n) is 6.66. The van der Waals surface area contributed by atoms with E-state index < -0.39 is 6.04 Å². The molecule has 1 fully saturated rings. The van der Waals surface area contributed by atoms with Crippen LogP contribution in [0.25, 0.3) is 10.9 Å². The van der Waals surface area contributed by atoms with E-state index >= 15 is 0 Å². The number of aromatic nitrogens is 1. The zero-order valence-corrected chi connectivity index (χ0v) is 13.9. The zero-order valence-electron chi connectivity index (χ0n) is 13.9. The highest BCUT2D eigenvalue weighted by atomic mass is 16.2. The average molecular weight is 314 g/mol. The molecule has 1 saturated carbocycles. The van der Waals surface area contributed by atoms with Crippen LogP contribution in [0.1, 0.15) is 25.3 Å². The first-order valence-electron chi connectivity index (χ1n) is 8.36. The SMILES string of the molecule is CC(CNC(=O)[C@@H](N)Cc1c[nH]c2ccccc12)N(C)C1CC1. The van der Waals surface area contributed by atoms with Crippen molar-refractivity contribution in [2.75, 3.05) is 13.6 Å². The number of carbonyl (C=O) groups excluding carboxylic acids is 1. The molecule has 1 aromatic heterocycles. The highest BCUT2D eigenvalue weighted by Crippen LogP contribution is 2.26. The van der Waals surface area contributed by atoms with Gasteiger partial charge in [-0.25, -0.2) is 0 Å². The van der Waals surface area contributed by atoms with Crippen molar-refractivity contribution in [3.8, 4) is 0 Å². The lowest BCUT2D eigenvalue weighted by Crippen LogP contribution is -2.47. The van der Waals surface area contributed by atoms with Crippen LogP contribution in [0.15, 0.2) is 30.5 Å². The summed E-state index contributed by atoms with van der Waals surface area (Å²) < 4.78 is 0. The lowest BCUT2D eigenvalue weighted by molar-refractivity contribution is -0.122. The Morgan fingerprint density at radius 1 is 1.43 bits per heavy atom. The smallest absolute Gasteiger partial charge is 0.237 e. The van der Waals surface area contributed by atoms with Gasteiger partial charge in [-0.05, 0) is 44.9 Å². The molecule has 1 heterocycles. The highest BCUT2D eigenvalue weighted by molar-refractivity contribution is 5.86. The van der Waals surface area contributed by atoms with E-state index in [9.17, 15) is 4.79 Å². The summed E-state index contributed by atoms with van der Waals surface area (Å²) in [5, 5.41) is 4.13. The molecule has 124 valence electrons. The summed E-state index contributed by atoms with van der Waals surface area (Å²) >= 11 is 0. The van der Waals surface area contributed by atoms with E-state index in [1.807, 2.05) is 24.4 Å². The van der Waals surface area contributed by atoms with Crippen molar-refractivity contribution in [3.05, 3.63) is 36.0 Å². The molecule has 0 bridgehead atoms. The third-order valence-corrected chi connectivity index (χ3v) is 4.84. The van der Waals surface area contributed by atoms with Gasteiger partial charge in [-0.1, -0.05) is 18.2 Å². The maximum absolute atomic E-state index is 12.3. The Balaban J connectivity index is 1.53. The molecule has 3 rings (SSSR count). The molecule has 5 nitrogen and oxygen atoms in total. The van der Waals surface area contributed by atoms with E-state index in [0.29, 0.717) is 25.0 Å². The topological polar surface area (TPSA) is 74.1 Å². The fraction of sp³-hybridized carbons (Fsp3) is 0.500. The highest BCUT2D eigenvalue weighted by Gasteiger charge is 2.29. The lowest BCUT2D eigenvalue weighted by Gasteiger charge is -2.25. The summed E-state index contributed by atoms with van der Waals surface area (Å²) in [4.78, 5) is 17.8. The average Bonchev–Trinajstić information content (AvgIpc) is 3.34. The summed E-state index contributed by atoms with van der Waals surface area (Å²) in [7, 11) is 2.13. The van der Waals surface area contributed by atoms with Crippen LogP contribution in [0.5, 0.6) is 0 Å². The summed E-state index contributed by atoms with van der Waals surface area (Å²) in [5.41, 5.74) is 8.26. The molecule has 1 unspecified atom stereocenters. The Hall–Kier alpha value is -1.85. The second kappa shape index (κ2) is 6.72. The molecule has 1 amide bonds. The van der Waals surface area contributed by atoms with Gasteiger partial charge in [-0.15, -0.1) is 0 Å². The van der Waals surface area contributed by atoms with Crippen molar-refractivity contribution in [1.82, 2.24) is 15.2 Å². The largest absolute Gasteiger partial charge is 0.361 e. The fourth-order valence-corrected chi connectivity index (χ4v) is 3.00. The monoisotopic (exact) mass is 314 g/mol. The van der Waals surface area contributed by atoms with Gasteiger partial charge in [0.05, 0.1) is 6.04 Å². The number of hydrogen-bond acceptors (Lipinski definition) is 3. The van der Waals surface area contributed by atoms with Crippen molar-refractivity contribution in [2.45, 2.75) is 44.3 Å². The van der Waals surface area contributed by atoms with E-state index in [0.717, 1.165) is 16.5 Å². The van der Waals surface area contributed by atoms with Crippen LogP contribution in [0.3, 0.4) is 0 Å². The van der Waals surface area contributed by atoms with Crippen LogP contribution in [0, 0.1) is 0 Å². The van der Waals surface area contributed by atoms with Gasteiger partial charge in [-0.2, -0.15) is 0 Å². The van der Waals surface area contributed by atoms with Crippen molar-refractivity contribution in [3.63, 3.8) is 0 Å². The Labute approximate surface area is 137 Å². The zero-order chi connectivity index (χ0) is 16.4. The van der Waals surface area contributed by atoms with Gasteiger partial charge in [0.1, 0.15) is 0 Å². The third-order valence-electron chi connectivity index (χ3n) is 4.84. The molecule has 0 radical (unpaired) electrons. The first kappa shape index (κ1) is 16.0. The first-order chi connectivity index (χ1) is 11.1. The molecule has 2 atom stereocenters. The molecule has 1 aliphatic rings. The molecule has 5 heteroatoms. The maximum atomic E-state index is 12.3. The van der Waals surface area contributed by atoms with Crippen molar-refractivity contribution >= 4 is 16.8 Å². The molecule has 0 saturated heterocycles. The third kappa shape index (κ3) is 3.74. The molecule has 23 heavy (non-hydrogen) atoms. The Kier molecular flexibility index (Phi) is 4.68. The molecule has 0 aliphatic heterocycles. The number of nitrogens with one attached hydrogen (secondary N) is 2. The van der Waals surface area contributed by atoms with Crippen molar-refractivity contribution < 1.29 is 4.79 Å². The minimum Gasteiger partial charge on any atom is -0.361 e. The number of aromatic amines is 1. The van der Waals surface area contributed by atoms with Gasteiger partial charge >= 0.3 is 0 Å². The number of para-hydroxylation sites is 1. The Bertz CT molecular complexity index is 676. The van der Waals surface area contributed by atoms with Crippen molar-refractivity contribution in [1.29, 1.82) is 0 Å². The van der Waals surface area contributed by atoms with E-state index in [4.69, 9.17) is 5.73 Å². The summed E-state index contributed by atoms with van der Waals surface area (Å²) in [6.45, 7) is 2.79. The number of hydrogen-bond donors (Lipinski definition) is 3. The van der Waals surface area contributed by atoms with Crippen LogP contribution in [-0.4, -0.2) is 47.5 Å². The first-order valence-corrected chi connectivity index (χ1v) is 8.36. The van der Waals surface area contributed by atoms with Gasteiger partial charge in [-0.3, -0.25) is 9.69 Å².